The summed E-state index contributed by atoms with van der Waals surface area (Å²) in [6.45, 7) is -0.330. The first kappa shape index (κ1) is 15.3. The molecule has 0 radical (unpaired) electrons. The van der Waals surface area contributed by atoms with Crippen molar-refractivity contribution in [2.24, 2.45) is 0 Å². The first-order valence-electron chi connectivity index (χ1n) is 7.05. The Morgan fingerprint density at radius 2 is 1.80 bits per heavy atom. The van der Waals surface area contributed by atoms with Crippen LogP contribution in [0.1, 0.15) is 49.3 Å². The second-order valence-electron chi connectivity index (χ2n) is 5.32. The monoisotopic (exact) mass is 287 g/mol. The highest BCUT2D eigenvalue weighted by Crippen LogP contribution is 2.35. The number of nitrogens with one attached hydrogen (secondary N) is 1. The predicted molar refractivity (Wildman–Crippen MR) is 71.3 cm³/mol. The Hall–Kier alpha value is -1.07. The maximum Gasteiger partial charge on any atom is 0.416 e. The summed E-state index contributed by atoms with van der Waals surface area (Å²) in [4.78, 5) is 0. The topological polar surface area (TPSA) is 32.3 Å². The van der Waals surface area contributed by atoms with Crippen LogP contribution in [0.25, 0.3) is 0 Å². The third-order valence-corrected chi connectivity index (χ3v) is 3.87. The van der Waals surface area contributed by atoms with E-state index in [2.05, 4.69) is 5.32 Å². The number of aliphatic hydroxyl groups is 1. The molecule has 1 aliphatic rings. The standard InChI is InChI=1S/C15H20F3NO/c16-15(17,18)13-9-5-4-8-12(13)14(10-20)19-11-6-2-1-3-7-11/h4-5,8-9,11,14,19-20H,1-3,6-7,10H2. The third-order valence-electron chi connectivity index (χ3n) is 3.87. The number of hydrogen-bond donors (Lipinski definition) is 2. The van der Waals surface area contributed by atoms with E-state index in [4.69, 9.17) is 0 Å². The zero-order valence-electron chi connectivity index (χ0n) is 11.3. The van der Waals surface area contributed by atoms with Gasteiger partial charge in [-0.25, -0.2) is 0 Å². The number of benzene rings is 1. The average Bonchev–Trinajstić information content (AvgIpc) is 2.45. The largest absolute Gasteiger partial charge is 0.416 e. The van der Waals surface area contributed by atoms with Crippen LogP contribution in [0.3, 0.4) is 0 Å². The number of aliphatic hydroxyl groups excluding tert-OH is 1. The van der Waals surface area contributed by atoms with Gasteiger partial charge in [0.05, 0.1) is 18.2 Å². The molecule has 1 aromatic rings. The molecule has 1 unspecified atom stereocenters. The van der Waals surface area contributed by atoms with Crippen LogP contribution in [0.2, 0.25) is 0 Å². The number of halogens is 3. The van der Waals surface area contributed by atoms with Gasteiger partial charge >= 0.3 is 6.18 Å². The maximum atomic E-state index is 13.0. The molecule has 0 heterocycles. The Morgan fingerprint density at radius 1 is 1.15 bits per heavy atom. The molecule has 0 spiro atoms. The van der Waals surface area contributed by atoms with Crippen molar-refractivity contribution in [3.63, 3.8) is 0 Å². The van der Waals surface area contributed by atoms with Gasteiger partial charge in [0.15, 0.2) is 0 Å². The van der Waals surface area contributed by atoms with Crippen molar-refractivity contribution in [2.75, 3.05) is 6.61 Å². The van der Waals surface area contributed by atoms with Gasteiger partial charge in [0.1, 0.15) is 0 Å². The lowest BCUT2D eigenvalue weighted by atomic mass is 9.93. The Labute approximate surface area is 117 Å². The number of alkyl halides is 3. The van der Waals surface area contributed by atoms with Crippen LogP contribution in [0.15, 0.2) is 24.3 Å². The van der Waals surface area contributed by atoms with Crippen molar-refractivity contribution in [3.8, 4) is 0 Å². The highest BCUT2D eigenvalue weighted by Gasteiger charge is 2.35. The van der Waals surface area contributed by atoms with Gasteiger partial charge in [-0.15, -0.1) is 0 Å². The van der Waals surface area contributed by atoms with Gasteiger partial charge in [-0.3, -0.25) is 0 Å². The highest BCUT2D eigenvalue weighted by atomic mass is 19.4. The van der Waals surface area contributed by atoms with Crippen LogP contribution in [-0.2, 0) is 6.18 Å². The van der Waals surface area contributed by atoms with E-state index in [1.54, 1.807) is 6.07 Å². The van der Waals surface area contributed by atoms with Crippen molar-refractivity contribution in [2.45, 2.75) is 50.4 Å². The Morgan fingerprint density at radius 3 is 2.40 bits per heavy atom. The van der Waals surface area contributed by atoms with Gasteiger partial charge < -0.3 is 10.4 Å². The molecule has 1 atom stereocenters. The van der Waals surface area contributed by atoms with Crippen LogP contribution in [0.4, 0.5) is 13.2 Å². The first-order valence-corrected chi connectivity index (χ1v) is 7.05. The summed E-state index contributed by atoms with van der Waals surface area (Å²) < 4.78 is 39.0. The number of hydrogen-bond acceptors (Lipinski definition) is 2. The van der Waals surface area contributed by atoms with Gasteiger partial charge in [0.2, 0.25) is 0 Å². The molecule has 5 heteroatoms. The second-order valence-corrected chi connectivity index (χ2v) is 5.32. The van der Waals surface area contributed by atoms with Crippen LogP contribution < -0.4 is 5.32 Å². The zero-order chi connectivity index (χ0) is 14.6. The normalized spacial score (nSPS) is 19.0. The lowest BCUT2D eigenvalue weighted by Gasteiger charge is -2.29. The lowest BCUT2D eigenvalue weighted by molar-refractivity contribution is -0.138. The molecule has 1 fully saturated rings. The van der Waals surface area contributed by atoms with Crippen molar-refractivity contribution in [3.05, 3.63) is 35.4 Å². The van der Waals surface area contributed by atoms with E-state index in [-0.39, 0.29) is 18.2 Å². The smallest absolute Gasteiger partial charge is 0.394 e. The molecule has 0 bridgehead atoms. The van der Waals surface area contributed by atoms with Crippen molar-refractivity contribution in [1.29, 1.82) is 0 Å². The van der Waals surface area contributed by atoms with Crippen LogP contribution >= 0.6 is 0 Å². The Kier molecular flexibility index (Phi) is 5.05. The van der Waals surface area contributed by atoms with E-state index in [0.717, 1.165) is 31.7 Å². The fourth-order valence-corrected chi connectivity index (χ4v) is 2.85. The highest BCUT2D eigenvalue weighted by molar-refractivity contribution is 5.32. The molecule has 2 N–H and O–H groups in total. The van der Waals surface area contributed by atoms with Gasteiger partial charge in [-0.1, -0.05) is 37.5 Å². The summed E-state index contributed by atoms with van der Waals surface area (Å²) >= 11 is 0. The fourth-order valence-electron chi connectivity index (χ4n) is 2.85. The quantitative estimate of drug-likeness (QED) is 0.885. The fraction of sp³-hybridized carbons (Fsp3) is 0.600. The Balaban J connectivity index is 2.18. The molecule has 0 aliphatic heterocycles. The molecule has 2 rings (SSSR count). The van der Waals surface area contributed by atoms with E-state index in [9.17, 15) is 18.3 Å². The molecule has 20 heavy (non-hydrogen) atoms. The van der Waals surface area contributed by atoms with Gasteiger partial charge in [-0.2, -0.15) is 13.2 Å². The summed E-state index contributed by atoms with van der Waals surface area (Å²) in [5, 5.41) is 12.7. The average molecular weight is 287 g/mol. The molecular formula is C15H20F3NO. The van der Waals surface area contributed by atoms with Gasteiger partial charge in [-0.05, 0) is 24.5 Å². The first-order chi connectivity index (χ1) is 9.52. The van der Waals surface area contributed by atoms with Crippen molar-refractivity contribution >= 4 is 0 Å². The molecule has 0 amide bonds. The van der Waals surface area contributed by atoms with E-state index in [0.29, 0.717) is 0 Å². The molecule has 2 nitrogen and oxygen atoms in total. The summed E-state index contributed by atoms with van der Waals surface area (Å²) in [6.07, 6.45) is 0.905. The molecule has 0 aromatic heterocycles. The summed E-state index contributed by atoms with van der Waals surface area (Å²) in [5.41, 5.74) is -0.532. The summed E-state index contributed by atoms with van der Waals surface area (Å²) in [7, 11) is 0. The molecule has 1 aromatic carbocycles. The zero-order valence-corrected chi connectivity index (χ0v) is 11.3. The molecular weight excluding hydrogens is 267 g/mol. The molecule has 1 aliphatic carbocycles. The van der Waals surface area contributed by atoms with Crippen LogP contribution in [0.5, 0.6) is 0 Å². The molecule has 1 saturated carbocycles. The minimum Gasteiger partial charge on any atom is -0.394 e. The minimum absolute atomic E-state index is 0.132. The van der Waals surface area contributed by atoms with Crippen molar-refractivity contribution < 1.29 is 18.3 Å². The van der Waals surface area contributed by atoms with Gasteiger partial charge in [0.25, 0.3) is 0 Å². The number of rotatable bonds is 4. The van der Waals surface area contributed by atoms with Crippen LogP contribution in [-0.4, -0.2) is 17.8 Å². The Bertz CT molecular complexity index is 427. The van der Waals surface area contributed by atoms with Crippen LogP contribution in [0, 0.1) is 0 Å². The summed E-state index contributed by atoms with van der Waals surface area (Å²) in [6, 6.07) is 5.01. The predicted octanol–water partition coefficient (Wildman–Crippen LogP) is 3.66. The van der Waals surface area contributed by atoms with E-state index < -0.39 is 17.8 Å². The molecule has 0 saturated heterocycles. The van der Waals surface area contributed by atoms with Crippen molar-refractivity contribution in [1.82, 2.24) is 5.32 Å². The van der Waals surface area contributed by atoms with E-state index in [1.165, 1.54) is 18.6 Å². The second kappa shape index (κ2) is 6.59. The SMILES string of the molecule is OCC(NC1CCCCC1)c1ccccc1C(F)(F)F. The molecule has 112 valence electrons. The minimum atomic E-state index is -4.39. The summed E-state index contributed by atoms with van der Waals surface area (Å²) in [5.74, 6) is 0. The lowest BCUT2D eigenvalue weighted by Crippen LogP contribution is -2.37. The maximum absolute atomic E-state index is 13.0. The van der Waals surface area contributed by atoms with Gasteiger partial charge in [0, 0.05) is 6.04 Å². The third kappa shape index (κ3) is 3.73. The van der Waals surface area contributed by atoms with E-state index >= 15 is 0 Å². The van der Waals surface area contributed by atoms with E-state index in [1.807, 2.05) is 0 Å².